The molecule has 2 nitrogen and oxygen atoms in total. The lowest BCUT2D eigenvalue weighted by molar-refractivity contribution is -0.0232. The minimum Gasteiger partial charge on any atom is -0.543 e. The van der Waals surface area contributed by atoms with Gasteiger partial charge in [0.2, 0.25) is 0 Å². The van der Waals surface area contributed by atoms with Crippen LogP contribution in [0.3, 0.4) is 0 Å². The molecule has 0 radical (unpaired) electrons. The number of ether oxygens (including phenoxy) is 1. The third-order valence-electron chi connectivity index (χ3n) is 6.97. The highest BCUT2D eigenvalue weighted by Gasteiger charge is 2.49. The van der Waals surface area contributed by atoms with E-state index in [9.17, 15) is 0 Å². The number of hydrogen-bond donors (Lipinski definition) is 0. The van der Waals surface area contributed by atoms with Crippen LogP contribution in [0.5, 0.6) is 5.75 Å². The van der Waals surface area contributed by atoms with Gasteiger partial charge in [0, 0.05) is 5.33 Å². The third kappa shape index (κ3) is 3.20. The maximum Gasteiger partial charge on any atom is 0.258 e. The summed E-state index contributed by atoms with van der Waals surface area (Å²) in [5, 5.41) is 0.905. The van der Waals surface area contributed by atoms with E-state index in [0.29, 0.717) is 22.5 Å². The first kappa shape index (κ1) is 20.4. The molecule has 1 saturated heterocycles. The SMILES string of the molecule is CC(C)[Si](Oc1ccc2c(c1)C1CC(C2)[C@](C)(CBr)O1)(C(C)C)C(C)C. The molecule has 0 saturated carbocycles. The summed E-state index contributed by atoms with van der Waals surface area (Å²) in [6.07, 6.45) is 2.48. The number of fused-ring (bicyclic) bond motifs is 4. The van der Waals surface area contributed by atoms with Crippen LogP contribution in [0.25, 0.3) is 0 Å². The van der Waals surface area contributed by atoms with Crippen LogP contribution < -0.4 is 4.43 Å². The smallest absolute Gasteiger partial charge is 0.258 e. The van der Waals surface area contributed by atoms with E-state index >= 15 is 0 Å². The van der Waals surface area contributed by atoms with Gasteiger partial charge >= 0.3 is 0 Å². The molecule has 2 unspecified atom stereocenters. The lowest BCUT2D eigenvalue weighted by Gasteiger charge is -2.42. The third-order valence-corrected chi connectivity index (χ3v) is 14.1. The van der Waals surface area contributed by atoms with Gasteiger partial charge in [0.15, 0.2) is 0 Å². The maximum atomic E-state index is 6.91. The van der Waals surface area contributed by atoms with Crippen LogP contribution in [0, 0.1) is 5.92 Å². The fourth-order valence-corrected chi connectivity index (χ4v) is 11.4. The van der Waals surface area contributed by atoms with E-state index in [-0.39, 0.29) is 11.7 Å². The highest BCUT2D eigenvalue weighted by molar-refractivity contribution is 9.09. The van der Waals surface area contributed by atoms with Gasteiger partial charge in [0.25, 0.3) is 8.32 Å². The summed E-state index contributed by atoms with van der Waals surface area (Å²) in [6.45, 7) is 16.3. The van der Waals surface area contributed by atoms with Crippen molar-refractivity contribution in [2.75, 3.05) is 5.33 Å². The number of rotatable bonds is 6. The molecule has 0 spiro atoms. The first-order chi connectivity index (χ1) is 12.1. The molecule has 146 valence electrons. The standard InChI is InChI=1S/C22H35BrO2Si/c1-14(2)26(15(3)4,16(5)6)25-19-9-8-17-10-18-11-21(20(17)12-19)24-22(18,7)13-23/h8-9,12,14-16,18,21H,10-11,13H2,1-7H3/t18?,21?,22-/m0/s1. The molecule has 0 N–H and O–H groups in total. The summed E-state index contributed by atoms with van der Waals surface area (Å²) in [7, 11) is -1.92. The Morgan fingerprint density at radius 2 is 1.77 bits per heavy atom. The van der Waals surface area contributed by atoms with E-state index in [2.05, 4.69) is 82.6 Å². The molecule has 1 aromatic rings. The summed E-state index contributed by atoms with van der Waals surface area (Å²) in [4.78, 5) is 0. The minimum atomic E-state index is -1.92. The molecule has 3 atom stereocenters. The van der Waals surface area contributed by atoms with Crippen LogP contribution >= 0.6 is 15.9 Å². The fraction of sp³-hybridized carbons (Fsp3) is 0.727. The van der Waals surface area contributed by atoms with E-state index in [1.807, 2.05) is 0 Å². The highest BCUT2D eigenvalue weighted by Crippen LogP contribution is 2.52. The van der Waals surface area contributed by atoms with Gasteiger partial charge in [-0.1, -0.05) is 63.5 Å². The number of alkyl halides is 1. The average molecular weight is 440 g/mol. The van der Waals surface area contributed by atoms with Gasteiger partial charge < -0.3 is 9.16 Å². The molecule has 4 heteroatoms. The molecular weight excluding hydrogens is 404 g/mol. The lowest BCUT2D eigenvalue weighted by Crippen LogP contribution is -2.50. The normalized spacial score (nSPS) is 28.1. The Balaban J connectivity index is 1.93. The van der Waals surface area contributed by atoms with Crippen molar-refractivity contribution < 1.29 is 9.16 Å². The second-order valence-electron chi connectivity index (χ2n) is 9.47. The van der Waals surface area contributed by atoms with Crippen LogP contribution in [0.4, 0.5) is 0 Å². The molecule has 1 heterocycles. The quantitative estimate of drug-likeness (QED) is 0.350. The van der Waals surface area contributed by atoms with Crippen molar-refractivity contribution in [3.63, 3.8) is 0 Å². The summed E-state index contributed by atoms with van der Waals surface area (Å²) in [5.41, 5.74) is 4.53. The Kier molecular flexibility index (Phi) is 5.69. The molecule has 2 bridgehead atoms. The number of halogens is 1. The topological polar surface area (TPSA) is 18.5 Å². The predicted octanol–water partition coefficient (Wildman–Crippen LogP) is 7.03. The summed E-state index contributed by atoms with van der Waals surface area (Å²) < 4.78 is 13.4. The van der Waals surface area contributed by atoms with E-state index in [1.54, 1.807) is 0 Å². The van der Waals surface area contributed by atoms with Crippen molar-refractivity contribution in [2.24, 2.45) is 5.92 Å². The average Bonchev–Trinajstić information content (AvgIpc) is 2.84. The van der Waals surface area contributed by atoms with Gasteiger partial charge in [-0.3, -0.25) is 0 Å². The van der Waals surface area contributed by atoms with Crippen LogP contribution in [-0.4, -0.2) is 19.2 Å². The maximum absolute atomic E-state index is 6.91. The molecule has 1 aliphatic carbocycles. The Morgan fingerprint density at radius 1 is 1.15 bits per heavy atom. The molecule has 1 aliphatic heterocycles. The Labute approximate surface area is 169 Å². The summed E-state index contributed by atoms with van der Waals surface area (Å²) >= 11 is 3.67. The van der Waals surface area contributed by atoms with Crippen LogP contribution in [-0.2, 0) is 11.2 Å². The first-order valence-electron chi connectivity index (χ1n) is 10.2. The second kappa shape index (κ2) is 7.25. The Hall–Kier alpha value is -0.323. The molecule has 2 aliphatic rings. The molecule has 3 rings (SSSR count). The van der Waals surface area contributed by atoms with E-state index < -0.39 is 8.32 Å². The molecule has 0 aromatic heterocycles. The predicted molar refractivity (Wildman–Crippen MR) is 116 cm³/mol. The van der Waals surface area contributed by atoms with Crippen molar-refractivity contribution in [1.82, 2.24) is 0 Å². The van der Waals surface area contributed by atoms with Crippen molar-refractivity contribution in [3.05, 3.63) is 29.3 Å². The van der Waals surface area contributed by atoms with Crippen LogP contribution in [0.15, 0.2) is 18.2 Å². The zero-order valence-corrected chi connectivity index (χ0v) is 20.0. The molecule has 26 heavy (non-hydrogen) atoms. The van der Waals surface area contributed by atoms with Crippen molar-refractivity contribution in [1.29, 1.82) is 0 Å². The van der Waals surface area contributed by atoms with Crippen LogP contribution in [0.2, 0.25) is 16.6 Å². The largest absolute Gasteiger partial charge is 0.543 e. The molecular formula is C22H35BrO2Si. The summed E-state index contributed by atoms with van der Waals surface area (Å²) in [6, 6.07) is 6.81. The fourth-order valence-electron chi connectivity index (χ4n) is 5.55. The van der Waals surface area contributed by atoms with E-state index in [4.69, 9.17) is 9.16 Å². The van der Waals surface area contributed by atoms with Crippen LogP contribution in [0.1, 0.15) is 72.1 Å². The summed E-state index contributed by atoms with van der Waals surface area (Å²) in [5.74, 6) is 1.67. The van der Waals surface area contributed by atoms with Gasteiger partial charge in [-0.15, -0.1) is 0 Å². The van der Waals surface area contributed by atoms with Crippen molar-refractivity contribution >= 4 is 24.2 Å². The number of benzene rings is 1. The van der Waals surface area contributed by atoms with Gasteiger partial charge in [0.1, 0.15) is 5.75 Å². The Bertz CT molecular complexity index is 636. The Morgan fingerprint density at radius 3 is 2.31 bits per heavy atom. The van der Waals surface area contributed by atoms with Gasteiger partial charge in [-0.25, -0.2) is 0 Å². The lowest BCUT2D eigenvalue weighted by atomic mass is 9.78. The minimum absolute atomic E-state index is 0.0446. The van der Waals surface area contributed by atoms with E-state index in [1.165, 1.54) is 11.1 Å². The monoisotopic (exact) mass is 438 g/mol. The number of hydrogen-bond acceptors (Lipinski definition) is 2. The molecule has 1 aromatic carbocycles. The van der Waals surface area contributed by atoms with Gasteiger partial charge in [-0.2, -0.15) is 0 Å². The second-order valence-corrected chi connectivity index (χ2v) is 15.4. The van der Waals surface area contributed by atoms with Gasteiger partial charge in [0.05, 0.1) is 11.7 Å². The zero-order valence-electron chi connectivity index (χ0n) is 17.4. The van der Waals surface area contributed by atoms with Crippen molar-refractivity contribution in [2.45, 2.75) is 89.6 Å². The highest BCUT2D eigenvalue weighted by atomic mass is 79.9. The van der Waals surface area contributed by atoms with Crippen molar-refractivity contribution in [3.8, 4) is 5.75 Å². The molecule has 0 amide bonds. The zero-order chi connectivity index (χ0) is 19.3. The van der Waals surface area contributed by atoms with Gasteiger partial charge in [-0.05, 0) is 65.6 Å². The molecule has 1 fully saturated rings. The first-order valence-corrected chi connectivity index (χ1v) is 13.5. The van der Waals surface area contributed by atoms with E-state index in [0.717, 1.165) is 23.9 Å².